The summed E-state index contributed by atoms with van der Waals surface area (Å²) >= 11 is 5.29. The van der Waals surface area contributed by atoms with Gasteiger partial charge in [-0.2, -0.15) is 11.8 Å². The zero-order valence-corrected chi connectivity index (χ0v) is 13.5. The summed E-state index contributed by atoms with van der Waals surface area (Å²) in [6.07, 6.45) is 7.08. The summed E-state index contributed by atoms with van der Waals surface area (Å²) in [5.74, 6) is 0.344. The number of anilines is 1. The normalized spacial score (nSPS) is 10.4. The van der Waals surface area contributed by atoms with Crippen molar-refractivity contribution in [3.8, 4) is 0 Å². The van der Waals surface area contributed by atoms with E-state index in [1.807, 2.05) is 11.8 Å². The van der Waals surface area contributed by atoms with E-state index in [1.165, 1.54) is 25.0 Å². The molecule has 0 atom stereocenters. The molecule has 0 spiro atoms. The van der Waals surface area contributed by atoms with Gasteiger partial charge in [-0.05, 0) is 59.0 Å². The lowest BCUT2D eigenvalue weighted by molar-refractivity contribution is 0.0697. The summed E-state index contributed by atoms with van der Waals surface area (Å²) in [7, 11) is 0. The maximum Gasteiger partial charge on any atom is 0.335 e. The number of unbranched alkanes of at least 4 members (excludes halogenated alkanes) is 3. The van der Waals surface area contributed by atoms with Crippen LogP contribution in [0.5, 0.6) is 0 Å². The number of carbonyl (C=O) groups is 1. The van der Waals surface area contributed by atoms with E-state index in [2.05, 4.69) is 27.5 Å². The fourth-order valence-corrected chi connectivity index (χ4v) is 2.75. The molecule has 0 amide bonds. The summed E-state index contributed by atoms with van der Waals surface area (Å²) in [5, 5.41) is 12.2. The van der Waals surface area contributed by atoms with Crippen molar-refractivity contribution in [2.45, 2.75) is 25.7 Å². The third-order valence-electron chi connectivity index (χ3n) is 2.81. The van der Waals surface area contributed by atoms with Crippen LogP contribution in [-0.2, 0) is 0 Å². The van der Waals surface area contributed by atoms with E-state index in [-0.39, 0.29) is 0 Å². The van der Waals surface area contributed by atoms with Gasteiger partial charge in [0.05, 0.1) is 5.56 Å². The van der Waals surface area contributed by atoms with Gasteiger partial charge < -0.3 is 10.4 Å². The minimum Gasteiger partial charge on any atom is -0.478 e. The minimum absolute atomic E-state index is 0.300. The van der Waals surface area contributed by atoms with Gasteiger partial charge in [-0.25, -0.2) is 4.79 Å². The SMILES string of the molecule is CSCCCCCCNc1ccc(C(=O)O)cc1Br. The molecule has 0 bridgehead atoms. The van der Waals surface area contributed by atoms with Crippen LogP contribution in [0.2, 0.25) is 0 Å². The van der Waals surface area contributed by atoms with Crippen LogP contribution in [0.25, 0.3) is 0 Å². The predicted octanol–water partition coefficient (Wildman–Crippen LogP) is 4.48. The first-order valence-corrected chi connectivity index (χ1v) is 8.59. The minimum atomic E-state index is -0.902. The standard InChI is InChI=1S/C14H20BrNO2S/c1-19-9-5-3-2-4-8-16-13-7-6-11(14(17)18)10-12(13)15/h6-7,10,16H,2-5,8-9H2,1H3,(H,17,18). The van der Waals surface area contributed by atoms with Crippen LogP contribution < -0.4 is 5.32 Å². The first-order valence-electron chi connectivity index (χ1n) is 6.41. The highest BCUT2D eigenvalue weighted by molar-refractivity contribution is 9.10. The second kappa shape index (κ2) is 9.26. The van der Waals surface area contributed by atoms with Gasteiger partial charge in [0.1, 0.15) is 0 Å². The van der Waals surface area contributed by atoms with E-state index in [4.69, 9.17) is 5.11 Å². The van der Waals surface area contributed by atoms with Crippen molar-refractivity contribution in [3.63, 3.8) is 0 Å². The molecule has 1 aromatic carbocycles. The number of rotatable bonds is 9. The Morgan fingerprint density at radius 1 is 1.32 bits per heavy atom. The van der Waals surface area contributed by atoms with Gasteiger partial charge in [-0.1, -0.05) is 12.8 Å². The molecule has 0 fully saturated rings. The number of hydrogen-bond acceptors (Lipinski definition) is 3. The molecule has 0 saturated carbocycles. The number of carboxylic acid groups (broad SMARTS) is 1. The third-order valence-corrected chi connectivity index (χ3v) is 4.16. The van der Waals surface area contributed by atoms with Gasteiger partial charge in [0, 0.05) is 16.7 Å². The van der Waals surface area contributed by atoms with Crippen molar-refractivity contribution < 1.29 is 9.90 Å². The Balaban J connectivity index is 2.28. The first-order chi connectivity index (χ1) is 9.15. The van der Waals surface area contributed by atoms with Gasteiger partial charge in [0.2, 0.25) is 0 Å². The van der Waals surface area contributed by atoms with Crippen LogP contribution in [0.3, 0.4) is 0 Å². The maximum atomic E-state index is 10.8. The van der Waals surface area contributed by atoms with E-state index in [1.54, 1.807) is 18.2 Å². The molecule has 0 aliphatic carbocycles. The van der Waals surface area contributed by atoms with Gasteiger partial charge in [0.15, 0.2) is 0 Å². The molecule has 0 aromatic heterocycles. The molecule has 0 radical (unpaired) electrons. The summed E-state index contributed by atoms with van der Waals surface area (Å²) in [5.41, 5.74) is 1.25. The maximum absolute atomic E-state index is 10.8. The molecule has 0 aliphatic rings. The Kier molecular flexibility index (Phi) is 7.98. The summed E-state index contributed by atoms with van der Waals surface area (Å²) in [6.45, 7) is 0.921. The van der Waals surface area contributed by atoms with E-state index in [0.717, 1.165) is 23.1 Å². The fourth-order valence-electron chi connectivity index (χ4n) is 1.74. The van der Waals surface area contributed by atoms with Crippen LogP contribution in [0.4, 0.5) is 5.69 Å². The molecule has 0 aliphatic heterocycles. The Hall–Kier alpha value is -0.680. The second-order valence-corrected chi connectivity index (χ2v) is 6.17. The van der Waals surface area contributed by atoms with E-state index >= 15 is 0 Å². The van der Waals surface area contributed by atoms with Crippen molar-refractivity contribution in [2.24, 2.45) is 0 Å². The lowest BCUT2D eigenvalue weighted by Crippen LogP contribution is -2.03. The van der Waals surface area contributed by atoms with E-state index < -0.39 is 5.97 Å². The molecule has 1 aromatic rings. The quantitative estimate of drug-likeness (QED) is 0.647. The first kappa shape index (κ1) is 16.4. The van der Waals surface area contributed by atoms with Crippen LogP contribution in [0.1, 0.15) is 36.0 Å². The molecule has 2 N–H and O–H groups in total. The van der Waals surface area contributed by atoms with Gasteiger partial charge in [0.25, 0.3) is 0 Å². The summed E-state index contributed by atoms with van der Waals surface area (Å²) < 4.78 is 0.801. The molecule has 19 heavy (non-hydrogen) atoms. The van der Waals surface area contributed by atoms with Gasteiger partial charge >= 0.3 is 5.97 Å². The highest BCUT2D eigenvalue weighted by atomic mass is 79.9. The van der Waals surface area contributed by atoms with Crippen LogP contribution in [0, 0.1) is 0 Å². The molecule has 0 unspecified atom stereocenters. The molecular weight excluding hydrogens is 326 g/mol. The van der Waals surface area contributed by atoms with E-state index in [9.17, 15) is 4.79 Å². The largest absolute Gasteiger partial charge is 0.478 e. The summed E-state index contributed by atoms with van der Waals surface area (Å²) in [6, 6.07) is 5.05. The van der Waals surface area contributed by atoms with Crippen molar-refractivity contribution in [2.75, 3.05) is 23.9 Å². The molecule has 5 heteroatoms. The summed E-state index contributed by atoms with van der Waals surface area (Å²) in [4.78, 5) is 10.8. The van der Waals surface area contributed by atoms with Crippen LogP contribution in [-0.4, -0.2) is 29.6 Å². The number of carboxylic acids is 1. The van der Waals surface area contributed by atoms with Crippen molar-refractivity contribution in [1.82, 2.24) is 0 Å². The average Bonchev–Trinajstić information content (AvgIpc) is 2.39. The van der Waals surface area contributed by atoms with Gasteiger partial charge in [-0.3, -0.25) is 0 Å². The molecule has 106 valence electrons. The number of aromatic carboxylic acids is 1. The van der Waals surface area contributed by atoms with E-state index in [0.29, 0.717) is 5.56 Å². The molecule has 0 saturated heterocycles. The Morgan fingerprint density at radius 3 is 2.68 bits per heavy atom. The Bertz CT molecular complexity index is 412. The van der Waals surface area contributed by atoms with Crippen molar-refractivity contribution in [3.05, 3.63) is 28.2 Å². The van der Waals surface area contributed by atoms with Crippen molar-refractivity contribution in [1.29, 1.82) is 0 Å². The second-order valence-electron chi connectivity index (χ2n) is 4.33. The Labute approximate surface area is 127 Å². The van der Waals surface area contributed by atoms with Gasteiger partial charge in [-0.15, -0.1) is 0 Å². The highest BCUT2D eigenvalue weighted by Crippen LogP contribution is 2.23. The zero-order chi connectivity index (χ0) is 14.1. The third kappa shape index (κ3) is 6.34. The molecule has 0 heterocycles. The van der Waals surface area contributed by atoms with Crippen LogP contribution in [0.15, 0.2) is 22.7 Å². The number of benzene rings is 1. The molecular formula is C14H20BrNO2S. The number of halogens is 1. The lowest BCUT2D eigenvalue weighted by Gasteiger charge is -2.09. The zero-order valence-electron chi connectivity index (χ0n) is 11.1. The topological polar surface area (TPSA) is 49.3 Å². The number of hydrogen-bond donors (Lipinski definition) is 2. The number of nitrogens with one attached hydrogen (secondary N) is 1. The average molecular weight is 346 g/mol. The smallest absolute Gasteiger partial charge is 0.335 e. The lowest BCUT2D eigenvalue weighted by atomic mass is 10.2. The molecule has 1 rings (SSSR count). The highest BCUT2D eigenvalue weighted by Gasteiger charge is 2.06. The monoisotopic (exact) mass is 345 g/mol. The van der Waals surface area contributed by atoms with Crippen LogP contribution >= 0.6 is 27.7 Å². The predicted molar refractivity (Wildman–Crippen MR) is 86.4 cm³/mol. The number of thioether (sulfide) groups is 1. The fraction of sp³-hybridized carbons (Fsp3) is 0.500. The molecule has 3 nitrogen and oxygen atoms in total. The van der Waals surface area contributed by atoms with Crippen molar-refractivity contribution >= 4 is 39.3 Å². The Morgan fingerprint density at radius 2 is 2.05 bits per heavy atom.